The Morgan fingerprint density at radius 1 is 1.09 bits per heavy atom. The van der Waals surface area contributed by atoms with Crippen LogP contribution in [0.15, 0.2) is 53.9 Å². The molecule has 4 aromatic rings. The molecular weight excluding hydrogens is 479 g/mol. The van der Waals surface area contributed by atoms with Crippen molar-refractivity contribution < 1.29 is 24.2 Å². The molecule has 34 heavy (non-hydrogen) atoms. The lowest BCUT2D eigenvalue weighted by Gasteiger charge is -2.40. The molecule has 0 radical (unpaired) electrons. The van der Waals surface area contributed by atoms with E-state index in [0.29, 0.717) is 40.5 Å². The Morgan fingerprint density at radius 2 is 1.85 bits per heavy atom. The number of nitrogens with two attached hydrogens (primary N) is 1. The number of imidazole rings is 1. The third kappa shape index (κ3) is 4.34. The number of nitrogen functional groups attached to an aromatic ring is 1. The first-order chi connectivity index (χ1) is 15.8. The molecule has 5 rings (SSSR count). The number of amides is 1. The molecule has 1 saturated carbocycles. The number of carbonyl (C=O) groups excluding carboxylic acids is 1. The maximum absolute atomic E-state index is 13.4. The number of halogens is 5. The van der Waals surface area contributed by atoms with Crippen molar-refractivity contribution in [3.05, 3.63) is 60.3 Å². The van der Waals surface area contributed by atoms with Gasteiger partial charge in [0.25, 0.3) is 5.91 Å². The maximum Gasteiger partial charge on any atom is 0.311 e. The van der Waals surface area contributed by atoms with Gasteiger partial charge >= 0.3 is 10.2 Å². The third-order valence-electron chi connectivity index (χ3n) is 5.68. The van der Waals surface area contributed by atoms with Gasteiger partial charge in [-0.3, -0.25) is 14.2 Å². The summed E-state index contributed by atoms with van der Waals surface area (Å²) in [6.45, 7) is 0.261. The first-order valence-electron chi connectivity index (χ1n) is 10.3. The number of aromatic nitrogens is 4. The number of rotatable bonds is 6. The van der Waals surface area contributed by atoms with Crippen LogP contribution in [-0.2, 0) is 6.54 Å². The predicted molar refractivity (Wildman–Crippen MR) is 118 cm³/mol. The minimum absolute atomic E-state index is 0.0758. The largest absolute Gasteiger partial charge is 0.382 e. The minimum atomic E-state index is -9.81. The van der Waals surface area contributed by atoms with Crippen LogP contribution >= 0.6 is 10.2 Å². The van der Waals surface area contributed by atoms with Crippen LogP contribution in [0.3, 0.4) is 0 Å². The van der Waals surface area contributed by atoms with Crippen molar-refractivity contribution in [2.24, 2.45) is 5.92 Å². The summed E-state index contributed by atoms with van der Waals surface area (Å²) in [4.78, 5) is 24.7. The second-order valence-corrected chi connectivity index (χ2v) is 10.8. The summed E-state index contributed by atoms with van der Waals surface area (Å²) in [5.41, 5.74) is 8.10. The number of hydrogen-bond donors (Lipinski definition) is 1. The average molecular weight is 498 g/mol. The van der Waals surface area contributed by atoms with Crippen LogP contribution in [0.5, 0.6) is 0 Å². The van der Waals surface area contributed by atoms with Crippen LogP contribution in [0, 0.1) is 5.92 Å². The second-order valence-electron chi connectivity index (χ2n) is 8.43. The van der Waals surface area contributed by atoms with Gasteiger partial charge in [0.05, 0.1) is 35.8 Å². The van der Waals surface area contributed by atoms with Crippen LogP contribution < -0.4 is 5.73 Å². The van der Waals surface area contributed by atoms with Gasteiger partial charge in [0.1, 0.15) is 16.2 Å². The van der Waals surface area contributed by atoms with E-state index in [1.165, 1.54) is 4.90 Å². The molecule has 1 aliphatic rings. The molecular formula is C21H19F5N6OS. The van der Waals surface area contributed by atoms with Crippen LogP contribution in [0.25, 0.3) is 16.6 Å². The van der Waals surface area contributed by atoms with Crippen LogP contribution in [0.4, 0.5) is 25.2 Å². The minimum Gasteiger partial charge on any atom is -0.382 e. The van der Waals surface area contributed by atoms with E-state index in [9.17, 15) is 24.2 Å². The van der Waals surface area contributed by atoms with Gasteiger partial charge in [-0.2, -0.15) is 0 Å². The van der Waals surface area contributed by atoms with E-state index in [-0.39, 0.29) is 30.3 Å². The molecule has 180 valence electrons. The SMILES string of the molecule is Nc1nc2ccc(C(=O)N(Cc3ccc(S(F)(F)(F)(F)F)cn3)CC3CC3)cc2n2cncc12. The molecule has 1 aromatic carbocycles. The highest BCUT2D eigenvalue weighted by Gasteiger charge is 2.65. The zero-order chi connectivity index (χ0) is 24.4. The normalized spacial score (nSPS) is 16.4. The molecule has 0 bridgehead atoms. The quantitative estimate of drug-likeness (QED) is 0.351. The highest BCUT2D eigenvalue weighted by Crippen LogP contribution is 3.02. The Labute approximate surface area is 190 Å². The number of anilines is 1. The Kier molecular flexibility index (Phi) is 4.45. The first kappa shape index (κ1) is 22.3. The van der Waals surface area contributed by atoms with Crippen molar-refractivity contribution in [1.82, 2.24) is 24.3 Å². The summed E-state index contributed by atoms with van der Waals surface area (Å²) in [7, 11) is -9.81. The lowest BCUT2D eigenvalue weighted by atomic mass is 10.1. The molecule has 2 N–H and O–H groups in total. The van der Waals surface area contributed by atoms with Crippen molar-refractivity contribution in [2.45, 2.75) is 24.3 Å². The lowest BCUT2D eigenvalue weighted by Crippen LogP contribution is -2.32. The van der Waals surface area contributed by atoms with E-state index in [4.69, 9.17) is 5.73 Å². The topological polar surface area (TPSA) is 89.4 Å². The van der Waals surface area contributed by atoms with Gasteiger partial charge in [-0.05, 0) is 49.1 Å². The van der Waals surface area contributed by atoms with Crippen molar-refractivity contribution in [3.63, 3.8) is 0 Å². The number of hydrogen-bond acceptors (Lipinski definition) is 5. The molecule has 0 saturated heterocycles. The summed E-state index contributed by atoms with van der Waals surface area (Å²) >= 11 is 0. The van der Waals surface area contributed by atoms with E-state index in [1.807, 2.05) is 0 Å². The smallest absolute Gasteiger partial charge is 0.311 e. The highest BCUT2D eigenvalue weighted by atomic mass is 32.5. The highest BCUT2D eigenvalue weighted by molar-refractivity contribution is 8.45. The number of benzene rings is 1. The van der Waals surface area contributed by atoms with E-state index in [1.54, 1.807) is 35.1 Å². The van der Waals surface area contributed by atoms with Crippen molar-refractivity contribution in [1.29, 1.82) is 0 Å². The monoisotopic (exact) mass is 498 g/mol. The molecule has 0 spiro atoms. The van der Waals surface area contributed by atoms with Crippen molar-refractivity contribution in [2.75, 3.05) is 12.3 Å². The molecule has 0 atom stereocenters. The van der Waals surface area contributed by atoms with Gasteiger partial charge < -0.3 is 10.6 Å². The Bertz CT molecular complexity index is 1440. The number of pyridine rings is 1. The van der Waals surface area contributed by atoms with E-state index < -0.39 is 15.1 Å². The molecule has 1 fully saturated rings. The fraction of sp³-hybridized carbons (Fsp3) is 0.238. The lowest BCUT2D eigenvalue weighted by molar-refractivity contribution is 0.0732. The van der Waals surface area contributed by atoms with Gasteiger partial charge in [0, 0.05) is 18.3 Å². The number of fused-ring (bicyclic) bond motifs is 3. The maximum atomic E-state index is 13.4. The standard InChI is InChI=1S/C21H19F5N6OS/c22-34(23,24,25,26)16-5-4-15(29-8-16)11-31(10-13-1-2-13)21(33)14-3-6-17-18(7-14)32-12-28-9-19(32)20(27)30-17/h3-9,12-13H,1-2,10-11H2,(H2,27,30). The van der Waals surface area contributed by atoms with Gasteiger partial charge in [-0.25, -0.2) is 9.97 Å². The zero-order valence-corrected chi connectivity index (χ0v) is 18.4. The fourth-order valence-electron chi connectivity index (χ4n) is 3.75. The van der Waals surface area contributed by atoms with Gasteiger partial charge in [0.2, 0.25) is 0 Å². The second kappa shape index (κ2) is 6.78. The summed E-state index contributed by atoms with van der Waals surface area (Å²) in [6.07, 6.45) is 5.08. The van der Waals surface area contributed by atoms with Gasteiger partial charge in [-0.15, -0.1) is 0 Å². The number of nitrogens with zero attached hydrogens (tertiary/aromatic N) is 5. The Balaban J connectivity index is 1.46. The fourth-order valence-corrected chi connectivity index (χ4v) is 4.33. The van der Waals surface area contributed by atoms with E-state index >= 15 is 0 Å². The average Bonchev–Trinajstić information content (AvgIpc) is 3.42. The molecule has 0 unspecified atom stereocenters. The number of carbonyl (C=O) groups is 1. The van der Waals surface area contributed by atoms with E-state index in [2.05, 4.69) is 15.0 Å². The molecule has 7 nitrogen and oxygen atoms in total. The molecule has 1 aliphatic carbocycles. The first-order valence-corrected chi connectivity index (χ1v) is 12.2. The third-order valence-corrected chi connectivity index (χ3v) is 6.81. The Morgan fingerprint density at radius 3 is 2.50 bits per heavy atom. The Hall–Kier alpha value is -3.48. The van der Waals surface area contributed by atoms with Crippen molar-refractivity contribution >= 4 is 38.5 Å². The molecule has 3 heterocycles. The van der Waals surface area contributed by atoms with Crippen LogP contribution in [-0.4, -0.2) is 36.7 Å². The van der Waals surface area contributed by atoms with Crippen molar-refractivity contribution in [3.8, 4) is 0 Å². The predicted octanol–water partition coefficient (Wildman–Crippen LogP) is 5.57. The van der Waals surface area contributed by atoms with Crippen LogP contribution in [0.1, 0.15) is 28.9 Å². The summed E-state index contributed by atoms with van der Waals surface area (Å²) in [6, 6.07) is 6.07. The zero-order valence-electron chi connectivity index (χ0n) is 17.5. The summed E-state index contributed by atoms with van der Waals surface area (Å²) in [5, 5.41) is 0. The summed E-state index contributed by atoms with van der Waals surface area (Å²) in [5.74, 6) is 0.202. The van der Waals surface area contributed by atoms with E-state index in [0.717, 1.165) is 18.9 Å². The summed E-state index contributed by atoms with van der Waals surface area (Å²) < 4.78 is 66.6. The molecule has 0 aliphatic heterocycles. The van der Waals surface area contributed by atoms with Crippen LogP contribution in [0.2, 0.25) is 0 Å². The van der Waals surface area contributed by atoms with Gasteiger partial charge in [-0.1, -0.05) is 19.4 Å². The molecule has 13 heteroatoms. The molecule has 3 aromatic heterocycles. The molecule has 1 amide bonds. The van der Waals surface area contributed by atoms with Gasteiger partial charge in [0.15, 0.2) is 0 Å².